The highest BCUT2D eigenvalue weighted by atomic mass is 32.2. The van der Waals surface area contributed by atoms with E-state index in [1.54, 1.807) is 7.05 Å². The number of nitrogens with one attached hydrogen (secondary N) is 2. The lowest BCUT2D eigenvalue weighted by atomic mass is 9.81. The first-order valence-electron chi connectivity index (χ1n) is 7.37. The maximum absolute atomic E-state index is 12.3. The summed E-state index contributed by atoms with van der Waals surface area (Å²) in [5.41, 5.74) is 1.03. The zero-order valence-corrected chi connectivity index (χ0v) is 13.6. The molecule has 1 aromatic rings. The summed E-state index contributed by atoms with van der Waals surface area (Å²) in [6.07, 6.45) is 2.00. The number of benzene rings is 1. The number of nitrogens with zero attached hydrogens (tertiary/aromatic N) is 1. The molecule has 118 valence electrons. The van der Waals surface area contributed by atoms with Gasteiger partial charge in [-0.1, -0.05) is 37.3 Å². The summed E-state index contributed by atoms with van der Waals surface area (Å²) < 4.78 is 28.8. The third kappa shape index (κ3) is 4.78. The Balaban J connectivity index is 1.91. The molecule has 5 nitrogen and oxygen atoms in total. The lowest BCUT2D eigenvalue weighted by Gasteiger charge is -2.34. The minimum Gasteiger partial charge on any atom is -0.317 e. The van der Waals surface area contributed by atoms with Crippen molar-refractivity contribution in [2.24, 2.45) is 5.41 Å². The van der Waals surface area contributed by atoms with Crippen LogP contribution in [0.1, 0.15) is 25.3 Å². The zero-order valence-electron chi connectivity index (χ0n) is 12.8. The number of hydrogen-bond donors (Lipinski definition) is 2. The van der Waals surface area contributed by atoms with Crippen LogP contribution >= 0.6 is 0 Å². The van der Waals surface area contributed by atoms with Crippen LogP contribution in [0, 0.1) is 5.41 Å². The summed E-state index contributed by atoms with van der Waals surface area (Å²) >= 11 is 0. The third-order valence-corrected chi connectivity index (χ3v) is 5.61. The van der Waals surface area contributed by atoms with Gasteiger partial charge in [0, 0.05) is 20.1 Å². The Bertz CT molecular complexity index is 539. The molecule has 0 atom stereocenters. The third-order valence-electron chi connectivity index (χ3n) is 4.15. The minimum absolute atomic E-state index is 0.0475. The van der Waals surface area contributed by atoms with E-state index in [1.807, 2.05) is 30.3 Å². The standard InChI is InChI=1S/C15H25N3O2S/c1-15(8-10-16-11-9-15)13-17-21(19,20)18(2)12-14-6-4-3-5-7-14/h3-7,16-17H,8-13H2,1-2H3. The lowest BCUT2D eigenvalue weighted by molar-refractivity contribution is 0.230. The van der Waals surface area contributed by atoms with Gasteiger partial charge in [-0.25, -0.2) is 4.72 Å². The maximum atomic E-state index is 12.3. The fourth-order valence-electron chi connectivity index (χ4n) is 2.51. The molecule has 2 N–H and O–H groups in total. The van der Waals surface area contributed by atoms with E-state index >= 15 is 0 Å². The monoisotopic (exact) mass is 311 g/mol. The van der Waals surface area contributed by atoms with Gasteiger partial charge in [-0.2, -0.15) is 12.7 Å². The summed E-state index contributed by atoms with van der Waals surface area (Å²) in [4.78, 5) is 0. The van der Waals surface area contributed by atoms with E-state index in [-0.39, 0.29) is 5.41 Å². The van der Waals surface area contributed by atoms with E-state index in [0.717, 1.165) is 31.5 Å². The molecule has 1 aliphatic rings. The zero-order chi connectivity index (χ0) is 15.3. The molecule has 0 unspecified atom stereocenters. The quantitative estimate of drug-likeness (QED) is 0.833. The van der Waals surface area contributed by atoms with Crippen molar-refractivity contribution in [2.45, 2.75) is 26.3 Å². The second-order valence-electron chi connectivity index (χ2n) is 6.13. The minimum atomic E-state index is -3.43. The van der Waals surface area contributed by atoms with Crippen molar-refractivity contribution in [2.75, 3.05) is 26.7 Å². The van der Waals surface area contributed by atoms with Crippen LogP contribution in [-0.2, 0) is 16.8 Å². The van der Waals surface area contributed by atoms with Crippen LogP contribution < -0.4 is 10.0 Å². The molecule has 21 heavy (non-hydrogen) atoms. The molecule has 1 aliphatic heterocycles. The first-order chi connectivity index (χ1) is 9.91. The molecule has 0 radical (unpaired) electrons. The van der Waals surface area contributed by atoms with E-state index in [1.165, 1.54) is 4.31 Å². The smallest absolute Gasteiger partial charge is 0.279 e. The van der Waals surface area contributed by atoms with Gasteiger partial charge in [0.05, 0.1) is 0 Å². The van der Waals surface area contributed by atoms with Crippen LogP contribution in [0.3, 0.4) is 0 Å². The Morgan fingerprint density at radius 1 is 1.24 bits per heavy atom. The first kappa shape index (κ1) is 16.4. The van der Waals surface area contributed by atoms with Crippen molar-refractivity contribution in [3.63, 3.8) is 0 Å². The Morgan fingerprint density at radius 2 is 1.86 bits per heavy atom. The number of hydrogen-bond acceptors (Lipinski definition) is 3. The molecule has 0 aromatic heterocycles. The van der Waals surface area contributed by atoms with Gasteiger partial charge in [0.25, 0.3) is 10.2 Å². The highest BCUT2D eigenvalue weighted by Crippen LogP contribution is 2.27. The molecule has 0 aliphatic carbocycles. The molecule has 1 saturated heterocycles. The average Bonchev–Trinajstić information content (AvgIpc) is 2.47. The summed E-state index contributed by atoms with van der Waals surface area (Å²) in [7, 11) is -1.82. The molecule has 6 heteroatoms. The van der Waals surface area contributed by atoms with E-state index in [0.29, 0.717) is 13.1 Å². The van der Waals surface area contributed by atoms with Crippen LogP contribution in [0.25, 0.3) is 0 Å². The Kier molecular flexibility index (Phi) is 5.37. The van der Waals surface area contributed by atoms with Crippen molar-refractivity contribution < 1.29 is 8.42 Å². The van der Waals surface area contributed by atoms with E-state index in [2.05, 4.69) is 17.0 Å². The van der Waals surface area contributed by atoms with Gasteiger partial charge in [-0.15, -0.1) is 0 Å². The molecule has 0 saturated carbocycles. The SMILES string of the molecule is CN(Cc1ccccc1)S(=O)(=O)NCC1(C)CCNCC1. The second kappa shape index (κ2) is 6.87. The predicted molar refractivity (Wildman–Crippen MR) is 85.0 cm³/mol. The molecule has 0 amide bonds. The van der Waals surface area contributed by atoms with E-state index in [9.17, 15) is 8.42 Å². The first-order valence-corrected chi connectivity index (χ1v) is 8.81. The van der Waals surface area contributed by atoms with Crippen LogP contribution in [-0.4, -0.2) is 39.4 Å². The Hall–Kier alpha value is -0.950. The summed E-state index contributed by atoms with van der Waals surface area (Å²) in [5.74, 6) is 0. The summed E-state index contributed by atoms with van der Waals surface area (Å²) in [6, 6.07) is 9.62. The largest absolute Gasteiger partial charge is 0.317 e. The molecule has 2 rings (SSSR count). The van der Waals surface area contributed by atoms with Crippen molar-refractivity contribution in [1.29, 1.82) is 0 Å². The number of rotatable bonds is 6. The van der Waals surface area contributed by atoms with Crippen molar-refractivity contribution in [1.82, 2.24) is 14.3 Å². The van der Waals surface area contributed by atoms with Crippen molar-refractivity contribution in [3.8, 4) is 0 Å². The van der Waals surface area contributed by atoms with Gasteiger partial charge in [-0.05, 0) is 36.9 Å². The number of piperidine rings is 1. The van der Waals surface area contributed by atoms with Gasteiger partial charge < -0.3 is 5.32 Å². The highest BCUT2D eigenvalue weighted by Gasteiger charge is 2.29. The highest BCUT2D eigenvalue weighted by molar-refractivity contribution is 7.87. The van der Waals surface area contributed by atoms with Gasteiger partial charge in [0.15, 0.2) is 0 Å². The van der Waals surface area contributed by atoms with Crippen LogP contribution in [0.2, 0.25) is 0 Å². The fraction of sp³-hybridized carbons (Fsp3) is 0.600. The Labute approximate surface area is 127 Å². The second-order valence-corrected chi connectivity index (χ2v) is 7.99. The van der Waals surface area contributed by atoms with Crippen molar-refractivity contribution in [3.05, 3.63) is 35.9 Å². The maximum Gasteiger partial charge on any atom is 0.279 e. The average molecular weight is 311 g/mol. The lowest BCUT2D eigenvalue weighted by Crippen LogP contribution is -2.46. The topological polar surface area (TPSA) is 61.4 Å². The Morgan fingerprint density at radius 3 is 2.48 bits per heavy atom. The van der Waals surface area contributed by atoms with Crippen LogP contribution in [0.15, 0.2) is 30.3 Å². The van der Waals surface area contributed by atoms with Gasteiger partial charge in [-0.3, -0.25) is 0 Å². The molecular weight excluding hydrogens is 286 g/mol. The fourth-order valence-corrected chi connectivity index (χ4v) is 3.58. The normalized spacial score (nSPS) is 18.8. The van der Waals surface area contributed by atoms with Gasteiger partial charge >= 0.3 is 0 Å². The molecule has 1 fully saturated rings. The molecular formula is C15H25N3O2S. The molecule has 1 heterocycles. The van der Waals surface area contributed by atoms with Crippen LogP contribution in [0.5, 0.6) is 0 Å². The van der Waals surface area contributed by atoms with E-state index in [4.69, 9.17) is 0 Å². The molecule has 1 aromatic carbocycles. The summed E-state index contributed by atoms with van der Waals surface area (Å²) in [5, 5.41) is 3.30. The van der Waals surface area contributed by atoms with E-state index < -0.39 is 10.2 Å². The van der Waals surface area contributed by atoms with Crippen molar-refractivity contribution >= 4 is 10.2 Å². The predicted octanol–water partition coefficient (Wildman–Crippen LogP) is 1.34. The molecule has 0 spiro atoms. The summed E-state index contributed by atoms with van der Waals surface area (Å²) in [6.45, 7) is 4.94. The van der Waals surface area contributed by atoms with Crippen LogP contribution in [0.4, 0.5) is 0 Å². The molecule has 0 bridgehead atoms. The van der Waals surface area contributed by atoms with Gasteiger partial charge in [0.1, 0.15) is 0 Å². The van der Waals surface area contributed by atoms with Gasteiger partial charge in [0.2, 0.25) is 0 Å².